The number of nitrogens with zero attached hydrogens (tertiary/aromatic N) is 3. The number of aromatic nitrogens is 3. The van der Waals surface area contributed by atoms with Crippen molar-refractivity contribution in [1.29, 1.82) is 0 Å². The van der Waals surface area contributed by atoms with Crippen molar-refractivity contribution in [3.05, 3.63) is 34.7 Å². The molecule has 0 atom stereocenters. The van der Waals surface area contributed by atoms with Crippen molar-refractivity contribution in [3.63, 3.8) is 0 Å². The molecule has 2 N–H and O–H groups in total. The highest BCUT2D eigenvalue weighted by Crippen LogP contribution is 2.36. The minimum absolute atomic E-state index is 0.464. The summed E-state index contributed by atoms with van der Waals surface area (Å²) in [4.78, 5) is 5.60. The van der Waals surface area contributed by atoms with Crippen LogP contribution in [0, 0.1) is 0 Å². The van der Waals surface area contributed by atoms with Gasteiger partial charge in [-0.05, 0) is 17.5 Å². The Morgan fingerprint density at radius 1 is 1.38 bits per heavy atom. The van der Waals surface area contributed by atoms with Crippen LogP contribution in [0.1, 0.15) is 0 Å². The topological polar surface area (TPSA) is 66.0 Å². The van der Waals surface area contributed by atoms with E-state index in [1.165, 1.54) is 0 Å². The van der Waals surface area contributed by atoms with Crippen LogP contribution in [0.25, 0.3) is 22.1 Å². The maximum Gasteiger partial charge on any atom is 0.191 e. The molecule has 7 heteroatoms. The van der Waals surface area contributed by atoms with Gasteiger partial charge in [-0.3, -0.25) is 0 Å². The summed E-state index contributed by atoms with van der Waals surface area (Å²) in [7, 11) is 3.42. The maximum absolute atomic E-state index is 6.12. The van der Waals surface area contributed by atoms with Gasteiger partial charge in [-0.1, -0.05) is 17.7 Å². The number of nitrogens with two attached hydrogens (primary N) is 1. The summed E-state index contributed by atoms with van der Waals surface area (Å²) < 4.78 is 7.08. The molecule has 5 nitrogen and oxygen atoms in total. The first-order valence-corrected chi connectivity index (χ1v) is 7.44. The van der Waals surface area contributed by atoms with E-state index in [1.54, 1.807) is 35.3 Å². The molecule has 3 rings (SSSR count). The van der Waals surface area contributed by atoms with Gasteiger partial charge in [0.05, 0.1) is 28.3 Å². The van der Waals surface area contributed by atoms with E-state index in [1.807, 2.05) is 24.6 Å². The fourth-order valence-corrected chi connectivity index (χ4v) is 2.86. The lowest BCUT2D eigenvalue weighted by molar-refractivity contribution is 0.416. The predicted octanol–water partition coefficient (Wildman–Crippen LogP) is 3.45. The van der Waals surface area contributed by atoms with E-state index >= 15 is 0 Å². The van der Waals surface area contributed by atoms with E-state index in [9.17, 15) is 0 Å². The lowest BCUT2D eigenvalue weighted by atomic mass is 10.1. The van der Waals surface area contributed by atoms with Crippen LogP contribution in [-0.2, 0) is 7.05 Å². The second kappa shape index (κ2) is 5.38. The van der Waals surface area contributed by atoms with Gasteiger partial charge >= 0.3 is 0 Å². The van der Waals surface area contributed by atoms with Crippen LogP contribution >= 0.6 is 22.9 Å². The Bertz CT molecular complexity index is 783. The van der Waals surface area contributed by atoms with Gasteiger partial charge in [0.25, 0.3) is 0 Å². The Balaban J connectivity index is 2.15. The molecule has 2 heterocycles. The lowest BCUT2D eigenvalue weighted by Crippen LogP contribution is -1.98. The highest BCUT2D eigenvalue weighted by Gasteiger charge is 2.17. The Labute approximate surface area is 130 Å². The molecule has 21 heavy (non-hydrogen) atoms. The number of nitrogen functional groups attached to an aromatic ring is 1. The number of hydrogen-bond donors (Lipinski definition) is 1. The molecule has 3 aromatic rings. The molecule has 0 fully saturated rings. The van der Waals surface area contributed by atoms with Gasteiger partial charge in [0, 0.05) is 13.1 Å². The van der Waals surface area contributed by atoms with E-state index < -0.39 is 0 Å². The fourth-order valence-electron chi connectivity index (χ4n) is 2.04. The first-order chi connectivity index (χ1) is 10.1. The zero-order valence-corrected chi connectivity index (χ0v) is 13.1. The SMILES string of the molecule is COc1cc(N)c(Cl)cc1-c1nc(-c2cccs2)nn1C. The summed E-state index contributed by atoms with van der Waals surface area (Å²) in [5.74, 6) is 1.97. The van der Waals surface area contributed by atoms with Gasteiger partial charge in [0.15, 0.2) is 11.6 Å². The highest BCUT2D eigenvalue weighted by atomic mass is 35.5. The number of benzene rings is 1. The molecule has 0 aliphatic heterocycles. The van der Waals surface area contributed by atoms with Gasteiger partial charge in [-0.25, -0.2) is 9.67 Å². The van der Waals surface area contributed by atoms with E-state index in [4.69, 9.17) is 22.1 Å². The van der Waals surface area contributed by atoms with Gasteiger partial charge in [-0.15, -0.1) is 16.4 Å². The summed E-state index contributed by atoms with van der Waals surface area (Å²) in [6, 6.07) is 7.39. The minimum atomic E-state index is 0.464. The number of halogens is 1. The molecule has 0 spiro atoms. The van der Waals surface area contributed by atoms with Crippen molar-refractivity contribution in [2.24, 2.45) is 7.05 Å². The molecule has 0 amide bonds. The van der Waals surface area contributed by atoms with Crippen LogP contribution in [0.2, 0.25) is 5.02 Å². The maximum atomic E-state index is 6.12. The van der Waals surface area contributed by atoms with E-state index in [-0.39, 0.29) is 0 Å². The van der Waals surface area contributed by atoms with Gasteiger partial charge in [0.1, 0.15) is 5.75 Å². The number of thiophene rings is 1. The third-order valence-electron chi connectivity index (χ3n) is 3.06. The van der Waals surface area contributed by atoms with Crippen LogP contribution in [0.15, 0.2) is 29.6 Å². The van der Waals surface area contributed by atoms with Gasteiger partial charge < -0.3 is 10.5 Å². The minimum Gasteiger partial charge on any atom is -0.496 e. The zero-order chi connectivity index (χ0) is 15.0. The Morgan fingerprint density at radius 2 is 2.19 bits per heavy atom. The number of aryl methyl sites for hydroxylation is 1. The number of hydrogen-bond acceptors (Lipinski definition) is 5. The van der Waals surface area contributed by atoms with E-state index in [0.29, 0.717) is 28.1 Å². The molecular weight excluding hydrogens is 308 g/mol. The average Bonchev–Trinajstić information content (AvgIpc) is 3.10. The smallest absolute Gasteiger partial charge is 0.191 e. The molecule has 0 saturated heterocycles. The van der Waals surface area contributed by atoms with E-state index in [0.717, 1.165) is 10.4 Å². The highest BCUT2D eigenvalue weighted by molar-refractivity contribution is 7.13. The molecule has 0 saturated carbocycles. The van der Waals surface area contributed by atoms with Crippen LogP contribution in [0.4, 0.5) is 5.69 Å². The second-order valence-electron chi connectivity index (χ2n) is 4.43. The predicted molar refractivity (Wildman–Crippen MR) is 85.7 cm³/mol. The molecule has 0 radical (unpaired) electrons. The van der Waals surface area contributed by atoms with Crippen LogP contribution in [0.3, 0.4) is 0 Å². The normalized spacial score (nSPS) is 10.8. The molecular formula is C14H13ClN4OS. The van der Waals surface area contributed by atoms with Crippen LogP contribution < -0.4 is 10.5 Å². The van der Waals surface area contributed by atoms with Crippen molar-refractivity contribution in [2.75, 3.05) is 12.8 Å². The third kappa shape index (κ3) is 2.48. The third-order valence-corrected chi connectivity index (χ3v) is 4.26. The zero-order valence-electron chi connectivity index (χ0n) is 11.5. The van der Waals surface area contributed by atoms with Crippen molar-refractivity contribution in [3.8, 4) is 27.8 Å². The Kier molecular flexibility index (Phi) is 3.57. The summed E-state index contributed by atoms with van der Waals surface area (Å²) in [6.07, 6.45) is 0. The van der Waals surface area contributed by atoms with Crippen molar-refractivity contribution >= 4 is 28.6 Å². The Morgan fingerprint density at radius 3 is 2.86 bits per heavy atom. The number of methoxy groups -OCH3 is 1. The number of anilines is 1. The summed E-state index contributed by atoms with van der Waals surface area (Å²) in [6.45, 7) is 0. The second-order valence-corrected chi connectivity index (χ2v) is 5.79. The lowest BCUT2D eigenvalue weighted by Gasteiger charge is -2.09. The molecule has 2 aromatic heterocycles. The molecule has 0 bridgehead atoms. The van der Waals surface area contributed by atoms with Crippen molar-refractivity contribution < 1.29 is 4.74 Å². The summed E-state index contributed by atoms with van der Waals surface area (Å²) >= 11 is 7.71. The standard InChI is InChI=1S/C14H13ClN4OS/c1-19-14(17-13(18-19)12-4-3-5-21-12)8-6-9(15)10(16)7-11(8)20-2/h3-7H,16H2,1-2H3. The first kappa shape index (κ1) is 13.9. The number of rotatable bonds is 3. The number of ether oxygens (including phenoxy) is 1. The molecule has 108 valence electrons. The summed E-state index contributed by atoms with van der Waals surface area (Å²) in [5.41, 5.74) is 7.04. The largest absolute Gasteiger partial charge is 0.496 e. The molecule has 0 aliphatic carbocycles. The Hall–Kier alpha value is -2.05. The molecule has 1 aromatic carbocycles. The quantitative estimate of drug-likeness (QED) is 0.751. The van der Waals surface area contributed by atoms with Crippen molar-refractivity contribution in [1.82, 2.24) is 14.8 Å². The monoisotopic (exact) mass is 320 g/mol. The summed E-state index contributed by atoms with van der Waals surface area (Å²) in [5, 5.41) is 6.90. The van der Waals surface area contributed by atoms with Crippen LogP contribution in [0.5, 0.6) is 5.75 Å². The molecule has 0 unspecified atom stereocenters. The molecule has 0 aliphatic rings. The first-order valence-electron chi connectivity index (χ1n) is 6.18. The average molecular weight is 321 g/mol. The van der Waals surface area contributed by atoms with Gasteiger partial charge in [-0.2, -0.15) is 0 Å². The van der Waals surface area contributed by atoms with Gasteiger partial charge in [0.2, 0.25) is 0 Å². The van der Waals surface area contributed by atoms with Crippen molar-refractivity contribution in [2.45, 2.75) is 0 Å². The fraction of sp³-hybridized carbons (Fsp3) is 0.143. The van der Waals surface area contributed by atoms with E-state index in [2.05, 4.69) is 10.1 Å². The van der Waals surface area contributed by atoms with Crippen LogP contribution in [-0.4, -0.2) is 21.9 Å².